The molecule has 1 aliphatic rings. The smallest absolute Gasteiger partial charge is 0.231 e. The summed E-state index contributed by atoms with van der Waals surface area (Å²) in [6.45, 7) is 1.81. The number of thioether (sulfide) groups is 1. The van der Waals surface area contributed by atoms with Crippen LogP contribution in [0.1, 0.15) is 19.8 Å². The largest absolute Gasteiger partial charge is 0.337 e. The van der Waals surface area contributed by atoms with E-state index in [0.29, 0.717) is 5.82 Å². The molecule has 2 heterocycles. The predicted octanol–water partition coefficient (Wildman–Crippen LogP) is 4.26. The molecule has 27 heavy (non-hydrogen) atoms. The summed E-state index contributed by atoms with van der Waals surface area (Å²) in [6.07, 6.45) is 2.00. The molecule has 1 fully saturated rings. The lowest BCUT2D eigenvalue weighted by Crippen LogP contribution is -2.47. The van der Waals surface area contributed by atoms with Crippen LogP contribution in [0.15, 0.2) is 46.8 Å². The molecule has 0 unspecified atom stereocenters. The molecule has 3 aromatic rings. The van der Waals surface area contributed by atoms with Crippen LogP contribution in [0.5, 0.6) is 0 Å². The first-order chi connectivity index (χ1) is 13.1. The van der Waals surface area contributed by atoms with Crippen LogP contribution in [0.25, 0.3) is 21.6 Å². The quantitative estimate of drug-likeness (QED) is 0.499. The molecule has 2 aromatic heterocycles. The van der Waals surface area contributed by atoms with Gasteiger partial charge < -0.3 is 5.32 Å². The molecule has 4 rings (SSSR count). The molecule has 1 amide bonds. The van der Waals surface area contributed by atoms with Gasteiger partial charge in [-0.05, 0) is 43.2 Å². The number of carbonyl (C=O) groups is 1. The second-order valence-electron chi connectivity index (χ2n) is 6.77. The molecule has 1 atom stereocenters. The van der Waals surface area contributed by atoms with Crippen molar-refractivity contribution in [1.29, 1.82) is 5.26 Å². The van der Waals surface area contributed by atoms with Gasteiger partial charge in [0, 0.05) is 5.39 Å². The number of para-hydroxylation sites is 1. The standard InChI is InChI=1S/C20H18N4OS2/c1-20(12-21,13-8-9-13)24-17(25)11-27-19-14-5-2-3-6-15(14)22-18(23-19)16-7-4-10-26-16/h2-7,10,13H,8-9,11H2,1H3,(H,24,25)/t20-/m0/s1. The summed E-state index contributed by atoms with van der Waals surface area (Å²) >= 11 is 2.97. The van der Waals surface area contributed by atoms with Crippen LogP contribution < -0.4 is 5.32 Å². The van der Waals surface area contributed by atoms with Crippen LogP contribution in [-0.4, -0.2) is 27.2 Å². The number of thiophene rings is 1. The van der Waals surface area contributed by atoms with Crippen molar-refractivity contribution in [3.05, 3.63) is 41.8 Å². The fraction of sp³-hybridized carbons (Fsp3) is 0.300. The number of hydrogen-bond acceptors (Lipinski definition) is 6. The lowest BCUT2D eigenvalue weighted by atomic mass is 9.98. The highest BCUT2D eigenvalue weighted by Crippen LogP contribution is 2.39. The highest BCUT2D eigenvalue weighted by atomic mass is 32.2. The van der Waals surface area contributed by atoms with Gasteiger partial charge in [0.25, 0.3) is 0 Å². The fourth-order valence-corrected chi connectivity index (χ4v) is 4.49. The Kier molecular flexibility index (Phi) is 4.85. The van der Waals surface area contributed by atoms with Gasteiger partial charge in [-0.3, -0.25) is 4.79 Å². The lowest BCUT2D eigenvalue weighted by molar-refractivity contribution is -0.119. The van der Waals surface area contributed by atoms with Crippen molar-refractivity contribution >= 4 is 39.9 Å². The second-order valence-corrected chi connectivity index (χ2v) is 8.68. The predicted molar refractivity (Wildman–Crippen MR) is 108 cm³/mol. The highest BCUT2D eigenvalue weighted by Gasteiger charge is 2.42. The van der Waals surface area contributed by atoms with Crippen molar-refractivity contribution in [2.24, 2.45) is 5.92 Å². The minimum Gasteiger partial charge on any atom is -0.337 e. The number of aromatic nitrogens is 2. The van der Waals surface area contributed by atoms with Gasteiger partial charge >= 0.3 is 0 Å². The van der Waals surface area contributed by atoms with E-state index in [4.69, 9.17) is 4.98 Å². The van der Waals surface area contributed by atoms with Gasteiger partial charge in [-0.15, -0.1) is 11.3 Å². The van der Waals surface area contributed by atoms with E-state index in [1.54, 1.807) is 11.3 Å². The van der Waals surface area contributed by atoms with Crippen LogP contribution in [0.2, 0.25) is 0 Å². The third-order valence-electron chi connectivity index (χ3n) is 4.67. The number of benzene rings is 1. The number of fused-ring (bicyclic) bond motifs is 1. The molecule has 0 saturated heterocycles. The Morgan fingerprint density at radius 3 is 2.85 bits per heavy atom. The Morgan fingerprint density at radius 2 is 2.15 bits per heavy atom. The zero-order chi connectivity index (χ0) is 18.9. The third kappa shape index (κ3) is 3.82. The van der Waals surface area contributed by atoms with Crippen LogP contribution in [0, 0.1) is 17.2 Å². The zero-order valence-corrected chi connectivity index (χ0v) is 16.4. The molecule has 7 heteroatoms. The minimum absolute atomic E-state index is 0.142. The molecule has 1 aliphatic carbocycles. The van der Waals surface area contributed by atoms with Crippen molar-refractivity contribution in [3.63, 3.8) is 0 Å². The number of hydrogen-bond donors (Lipinski definition) is 1. The molecule has 1 aromatic carbocycles. The number of nitriles is 1. The van der Waals surface area contributed by atoms with Gasteiger partial charge in [0.05, 0.1) is 22.2 Å². The average Bonchev–Trinajstić information content (AvgIpc) is 3.41. The first-order valence-electron chi connectivity index (χ1n) is 8.75. The Balaban J connectivity index is 1.56. The topological polar surface area (TPSA) is 78.7 Å². The van der Waals surface area contributed by atoms with Crippen LogP contribution >= 0.6 is 23.1 Å². The maximum atomic E-state index is 12.4. The number of nitrogens with zero attached hydrogens (tertiary/aromatic N) is 3. The van der Waals surface area contributed by atoms with Crippen LogP contribution in [-0.2, 0) is 4.79 Å². The van der Waals surface area contributed by atoms with Gasteiger partial charge in [-0.2, -0.15) is 5.26 Å². The van der Waals surface area contributed by atoms with Gasteiger partial charge in [0.15, 0.2) is 5.82 Å². The van der Waals surface area contributed by atoms with Crippen molar-refractivity contribution in [2.45, 2.75) is 30.3 Å². The number of carbonyl (C=O) groups excluding carboxylic acids is 1. The minimum atomic E-state index is -0.770. The highest BCUT2D eigenvalue weighted by molar-refractivity contribution is 8.00. The van der Waals surface area contributed by atoms with Gasteiger partial charge in [0.1, 0.15) is 10.6 Å². The molecule has 0 bridgehead atoms. The summed E-state index contributed by atoms with van der Waals surface area (Å²) in [5.74, 6) is 1.01. The maximum absolute atomic E-state index is 12.4. The third-order valence-corrected chi connectivity index (χ3v) is 6.53. The van der Waals surface area contributed by atoms with E-state index < -0.39 is 5.54 Å². The number of nitrogens with one attached hydrogen (secondary N) is 1. The molecule has 0 aliphatic heterocycles. The van der Waals surface area contributed by atoms with Crippen molar-refractivity contribution in [1.82, 2.24) is 15.3 Å². The van der Waals surface area contributed by atoms with E-state index in [9.17, 15) is 10.1 Å². The van der Waals surface area contributed by atoms with E-state index in [2.05, 4.69) is 16.4 Å². The lowest BCUT2D eigenvalue weighted by Gasteiger charge is -2.22. The fourth-order valence-electron chi connectivity index (χ4n) is 3.02. The van der Waals surface area contributed by atoms with Gasteiger partial charge in [-0.25, -0.2) is 9.97 Å². The molecular formula is C20H18N4OS2. The summed E-state index contributed by atoms with van der Waals surface area (Å²) in [5, 5.41) is 16.0. The summed E-state index contributed by atoms with van der Waals surface area (Å²) < 4.78 is 0. The summed E-state index contributed by atoms with van der Waals surface area (Å²) in [4.78, 5) is 22.8. The van der Waals surface area contributed by atoms with E-state index in [0.717, 1.165) is 33.6 Å². The second kappa shape index (κ2) is 7.29. The first kappa shape index (κ1) is 18.0. The van der Waals surface area contributed by atoms with E-state index >= 15 is 0 Å². The van der Waals surface area contributed by atoms with Crippen molar-refractivity contribution < 1.29 is 4.79 Å². The van der Waals surface area contributed by atoms with Crippen molar-refractivity contribution in [2.75, 3.05) is 5.75 Å². The summed E-state index contributed by atoms with van der Waals surface area (Å²) in [7, 11) is 0. The molecule has 1 saturated carbocycles. The average molecular weight is 395 g/mol. The SMILES string of the molecule is C[C@@](C#N)(NC(=O)CSc1nc(-c2cccs2)nc2ccccc12)C1CC1. The summed E-state index contributed by atoms with van der Waals surface area (Å²) in [5.41, 5.74) is 0.0895. The van der Waals surface area contributed by atoms with Crippen LogP contribution in [0.3, 0.4) is 0 Å². The Morgan fingerprint density at radius 1 is 1.33 bits per heavy atom. The number of amides is 1. The van der Waals surface area contributed by atoms with Crippen molar-refractivity contribution in [3.8, 4) is 16.8 Å². The van der Waals surface area contributed by atoms with E-state index in [1.807, 2.05) is 48.7 Å². The number of rotatable bonds is 6. The normalized spacial score (nSPS) is 15.9. The Hall–Kier alpha value is -2.43. The molecular weight excluding hydrogens is 376 g/mol. The van der Waals surface area contributed by atoms with Gasteiger partial charge in [-0.1, -0.05) is 36.0 Å². The molecule has 0 radical (unpaired) electrons. The first-order valence-corrected chi connectivity index (χ1v) is 10.6. The Labute approximate surface area is 165 Å². The molecule has 5 nitrogen and oxygen atoms in total. The maximum Gasteiger partial charge on any atom is 0.231 e. The van der Waals surface area contributed by atoms with Gasteiger partial charge in [0.2, 0.25) is 5.91 Å². The molecule has 0 spiro atoms. The van der Waals surface area contributed by atoms with Crippen LogP contribution in [0.4, 0.5) is 0 Å². The summed E-state index contributed by atoms with van der Waals surface area (Å²) in [6, 6.07) is 14.0. The zero-order valence-electron chi connectivity index (χ0n) is 14.8. The van der Waals surface area contributed by atoms with E-state index in [-0.39, 0.29) is 17.6 Å². The van der Waals surface area contributed by atoms with E-state index in [1.165, 1.54) is 11.8 Å². The molecule has 1 N–H and O–H groups in total. The molecule has 136 valence electrons. The Bertz CT molecular complexity index is 1020. The monoisotopic (exact) mass is 394 g/mol.